The van der Waals surface area contributed by atoms with E-state index in [4.69, 9.17) is 22.3 Å². The maximum atomic E-state index is 11.4. The second kappa shape index (κ2) is 9.23. The summed E-state index contributed by atoms with van der Waals surface area (Å²) in [6, 6.07) is -0.913. The maximum Gasteiger partial charge on any atom is 0.326 e. The average molecular weight is 259 g/mol. The van der Waals surface area contributed by atoms with Gasteiger partial charge in [0.15, 0.2) is 5.96 Å². The van der Waals surface area contributed by atoms with Crippen LogP contribution in [-0.4, -0.2) is 42.1 Å². The summed E-state index contributed by atoms with van der Waals surface area (Å²) in [7, 11) is 0. The first kappa shape index (κ1) is 16.2. The summed E-state index contributed by atoms with van der Waals surface area (Å²) in [5.41, 5.74) is 15.5. The number of aliphatic carboxylic acids is 1. The molecule has 0 aliphatic carbocycles. The molecule has 0 aliphatic rings. The lowest BCUT2D eigenvalue weighted by molar-refractivity contribution is -0.142. The Balaban J connectivity index is 4.03. The van der Waals surface area contributed by atoms with Gasteiger partial charge in [-0.2, -0.15) is 0 Å². The lowest BCUT2D eigenvalue weighted by Gasteiger charge is -2.13. The third kappa shape index (κ3) is 8.34. The second-order valence-electron chi connectivity index (χ2n) is 3.80. The summed E-state index contributed by atoms with van der Waals surface area (Å²) < 4.78 is 0. The number of hydrogen-bond acceptors (Lipinski definition) is 4. The number of guanidine groups is 1. The molecule has 0 fully saturated rings. The van der Waals surface area contributed by atoms with Crippen LogP contribution in [0.3, 0.4) is 0 Å². The molecule has 0 aromatic rings. The molecule has 18 heavy (non-hydrogen) atoms. The van der Waals surface area contributed by atoms with Crippen LogP contribution >= 0.6 is 0 Å². The number of carboxylic acid groups (broad SMARTS) is 1. The zero-order valence-electron chi connectivity index (χ0n) is 10.3. The Labute approximate surface area is 106 Å². The number of amides is 1. The van der Waals surface area contributed by atoms with E-state index < -0.39 is 12.0 Å². The van der Waals surface area contributed by atoms with Gasteiger partial charge in [-0.15, -0.1) is 0 Å². The van der Waals surface area contributed by atoms with Crippen molar-refractivity contribution in [2.24, 2.45) is 22.2 Å². The number of rotatable bonds is 9. The number of nitrogens with zero attached hydrogens (tertiary/aromatic N) is 1. The van der Waals surface area contributed by atoms with E-state index in [9.17, 15) is 9.59 Å². The minimum atomic E-state index is -1.07. The predicted molar refractivity (Wildman–Crippen MR) is 67.8 cm³/mol. The molecule has 0 saturated heterocycles. The van der Waals surface area contributed by atoms with Gasteiger partial charge in [-0.05, 0) is 25.8 Å². The van der Waals surface area contributed by atoms with Crippen LogP contribution in [0.25, 0.3) is 0 Å². The van der Waals surface area contributed by atoms with E-state index in [0.29, 0.717) is 25.9 Å². The molecule has 0 aliphatic heterocycles. The first-order chi connectivity index (χ1) is 8.47. The molecule has 0 radical (unpaired) electrons. The van der Waals surface area contributed by atoms with Crippen molar-refractivity contribution >= 4 is 17.8 Å². The van der Waals surface area contributed by atoms with Crippen LogP contribution in [0.2, 0.25) is 0 Å². The van der Waals surface area contributed by atoms with Gasteiger partial charge in [0.25, 0.3) is 0 Å². The van der Waals surface area contributed by atoms with Crippen LogP contribution < -0.4 is 22.5 Å². The molecular weight excluding hydrogens is 238 g/mol. The Bertz CT molecular complexity index is 302. The minimum absolute atomic E-state index is 0.0335. The van der Waals surface area contributed by atoms with Crippen molar-refractivity contribution in [3.8, 4) is 0 Å². The van der Waals surface area contributed by atoms with Gasteiger partial charge in [-0.25, -0.2) is 4.79 Å². The highest BCUT2D eigenvalue weighted by Crippen LogP contribution is 2.00. The molecule has 0 saturated carbocycles. The summed E-state index contributed by atoms with van der Waals surface area (Å²) in [6.07, 6.45) is 1.52. The van der Waals surface area contributed by atoms with E-state index >= 15 is 0 Å². The van der Waals surface area contributed by atoms with Crippen LogP contribution in [0.1, 0.15) is 25.7 Å². The van der Waals surface area contributed by atoms with Crippen molar-refractivity contribution in [3.63, 3.8) is 0 Å². The summed E-state index contributed by atoms with van der Waals surface area (Å²) in [5.74, 6) is -1.41. The van der Waals surface area contributed by atoms with Crippen molar-refractivity contribution in [2.45, 2.75) is 31.7 Å². The molecule has 0 aromatic carbocycles. The normalized spacial score (nSPS) is 11.6. The predicted octanol–water partition coefficient (Wildman–Crippen LogP) is -1.65. The minimum Gasteiger partial charge on any atom is -0.480 e. The van der Waals surface area contributed by atoms with Gasteiger partial charge in [0.2, 0.25) is 5.91 Å². The van der Waals surface area contributed by atoms with Gasteiger partial charge >= 0.3 is 5.97 Å². The number of hydrogen-bond donors (Lipinski definition) is 5. The third-order valence-corrected chi connectivity index (χ3v) is 2.19. The smallest absolute Gasteiger partial charge is 0.326 e. The zero-order chi connectivity index (χ0) is 14.0. The molecule has 0 aromatic heterocycles. The number of carbonyl (C=O) groups excluding carboxylic acids is 1. The first-order valence-corrected chi connectivity index (χ1v) is 5.75. The summed E-state index contributed by atoms with van der Waals surface area (Å²) in [4.78, 5) is 26.0. The molecule has 8 heteroatoms. The monoisotopic (exact) mass is 259 g/mol. The fraction of sp³-hybridized carbons (Fsp3) is 0.700. The molecule has 8 nitrogen and oxygen atoms in total. The number of carbonyl (C=O) groups is 2. The quantitative estimate of drug-likeness (QED) is 0.189. The first-order valence-electron chi connectivity index (χ1n) is 5.75. The lowest BCUT2D eigenvalue weighted by Crippen LogP contribution is -2.41. The number of nitrogens with two attached hydrogens (primary N) is 3. The Morgan fingerprint density at radius 2 is 1.94 bits per heavy atom. The van der Waals surface area contributed by atoms with Crippen molar-refractivity contribution < 1.29 is 14.7 Å². The van der Waals surface area contributed by atoms with Crippen molar-refractivity contribution in [3.05, 3.63) is 0 Å². The van der Waals surface area contributed by atoms with Gasteiger partial charge in [0.1, 0.15) is 6.04 Å². The van der Waals surface area contributed by atoms with Gasteiger partial charge in [0, 0.05) is 13.0 Å². The molecule has 104 valence electrons. The van der Waals surface area contributed by atoms with E-state index in [-0.39, 0.29) is 24.7 Å². The van der Waals surface area contributed by atoms with Crippen LogP contribution in [-0.2, 0) is 9.59 Å². The standard InChI is InChI=1S/C10H21N5O3/c11-5-1-4-8(16)15-7(9(17)18)3-2-6-14-10(12)13/h7H,1-6,11H2,(H,15,16)(H,17,18)(H4,12,13,14)/t7-/m0/s1. The molecule has 1 amide bonds. The second-order valence-corrected chi connectivity index (χ2v) is 3.80. The highest BCUT2D eigenvalue weighted by molar-refractivity contribution is 5.83. The molecule has 0 spiro atoms. The van der Waals surface area contributed by atoms with E-state index in [1.807, 2.05) is 0 Å². The number of nitrogens with one attached hydrogen (secondary N) is 1. The summed E-state index contributed by atoms with van der Waals surface area (Å²) in [5, 5.41) is 11.4. The van der Waals surface area contributed by atoms with Crippen LogP contribution in [0.15, 0.2) is 4.99 Å². The van der Waals surface area contributed by atoms with E-state index in [1.54, 1.807) is 0 Å². The third-order valence-electron chi connectivity index (χ3n) is 2.19. The van der Waals surface area contributed by atoms with Crippen molar-refractivity contribution in [2.75, 3.05) is 13.1 Å². The van der Waals surface area contributed by atoms with Crippen LogP contribution in [0, 0.1) is 0 Å². The van der Waals surface area contributed by atoms with Crippen LogP contribution in [0.5, 0.6) is 0 Å². The largest absolute Gasteiger partial charge is 0.480 e. The topological polar surface area (TPSA) is 157 Å². The molecule has 0 heterocycles. The van der Waals surface area contributed by atoms with Crippen molar-refractivity contribution in [1.82, 2.24) is 5.32 Å². The molecule has 8 N–H and O–H groups in total. The van der Waals surface area contributed by atoms with Gasteiger partial charge in [0.05, 0.1) is 0 Å². The van der Waals surface area contributed by atoms with E-state index in [1.165, 1.54) is 0 Å². The van der Waals surface area contributed by atoms with Gasteiger partial charge in [-0.1, -0.05) is 0 Å². The highest BCUT2D eigenvalue weighted by atomic mass is 16.4. The maximum absolute atomic E-state index is 11.4. The fourth-order valence-electron chi connectivity index (χ4n) is 1.29. The van der Waals surface area contributed by atoms with Crippen LogP contribution in [0.4, 0.5) is 0 Å². The molecule has 1 atom stereocenters. The average Bonchev–Trinajstić information content (AvgIpc) is 2.29. The Morgan fingerprint density at radius 3 is 2.44 bits per heavy atom. The Morgan fingerprint density at radius 1 is 1.28 bits per heavy atom. The van der Waals surface area contributed by atoms with Gasteiger partial charge < -0.3 is 27.6 Å². The lowest BCUT2D eigenvalue weighted by atomic mass is 10.1. The van der Waals surface area contributed by atoms with Crippen molar-refractivity contribution in [1.29, 1.82) is 0 Å². The van der Waals surface area contributed by atoms with E-state index in [0.717, 1.165) is 0 Å². The highest BCUT2D eigenvalue weighted by Gasteiger charge is 2.18. The number of aliphatic imine (C=N–C) groups is 1. The molecular formula is C10H21N5O3. The zero-order valence-corrected chi connectivity index (χ0v) is 10.3. The Kier molecular flexibility index (Phi) is 8.29. The summed E-state index contributed by atoms with van der Waals surface area (Å²) in [6.45, 7) is 0.737. The molecule has 0 unspecified atom stereocenters. The molecule has 0 rings (SSSR count). The Hall–Kier alpha value is -1.83. The van der Waals surface area contributed by atoms with E-state index in [2.05, 4.69) is 10.3 Å². The number of carboxylic acids is 1. The SMILES string of the molecule is NCCCC(=O)N[C@@H](CCCN=C(N)N)C(=O)O. The summed E-state index contributed by atoms with van der Waals surface area (Å²) >= 11 is 0. The van der Waals surface area contributed by atoms with Gasteiger partial charge in [-0.3, -0.25) is 9.79 Å². The fourth-order valence-corrected chi connectivity index (χ4v) is 1.29. The molecule has 0 bridgehead atoms.